The number of halogens is 1. The summed E-state index contributed by atoms with van der Waals surface area (Å²) < 4.78 is 0.848. The first kappa shape index (κ1) is 11.2. The van der Waals surface area contributed by atoms with Crippen molar-refractivity contribution in [1.29, 1.82) is 0 Å². The average Bonchev–Trinajstić information content (AvgIpc) is 2.18. The van der Waals surface area contributed by atoms with Gasteiger partial charge in [-0.2, -0.15) is 5.10 Å². The first-order valence-corrected chi connectivity index (χ1v) is 5.06. The highest BCUT2D eigenvalue weighted by Crippen LogP contribution is 2.09. The van der Waals surface area contributed by atoms with Crippen LogP contribution in [-0.2, 0) is 0 Å². The normalized spacial score (nSPS) is 10.4. The van der Waals surface area contributed by atoms with Crippen LogP contribution < -0.4 is 10.9 Å². The lowest BCUT2D eigenvalue weighted by molar-refractivity contribution is 0.0954. The molecular formula is C9H8BIN2O. The molecule has 1 aromatic carbocycles. The molecule has 0 saturated carbocycles. The Morgan fingerprint density at radius 2 is 2.36 bits per heavy atom. The number of carbonyl (C=O) groups excluding carboxylic acids is 1. The number of rotatable bonds is 2. The molecule has 1 N–H and O–H groups in total. The molecule has 1 rings (SSSR count). The van der Waals surface area contributed by atoms with Gasteiger partial charge in [-0.1, -0.05) is 17.6 Å². The van der Waals surface area contributed by atoms with Crippen LogP contribution in [0.15, 0.2) is 23.3 Å². The van der Waals surface area contributed by atoms with E-state index in [4.69, 9.17) is 7.85 Å². The van der Waals surface area contributed by atoms with E-state index >= 15 is 0 Å². The summed E-state index contributed by atoms with van der Waals surface area (Å²) in [5.41, 5.74) is 3.49. The zero-order chi connectivity index (χ0) is 10.6. The van der Waals surface area contributed by atoms with Crippen molar-refractivity contribution >= 4 is 48.0 Å². The number of nitrogens with zero attached hydrogens (tertiary/aromatic N) is 1. The summed E-state index contributed by atoms with van der Waals surface area (Å²) in [7, 11) is 5.57. The molecule has 0 aromatic heterocycles. The fourth-order valence-corrected chi connectivity index (χ4v) is 1.48. The molecule has 3 nitrogen and oxygen atoms in total. The monoisotopic (exact) mass is 298 g/mol. The first-order chi connectivity index (χ1) is 6.65. The minimum absolute atomic E-state index is 0.250. The molecule has 1 amide bonds. The van der Waals surface area contributed by atoms with Crippen molar-refractivity contribution in [3.05, 3.63) is 27.3 Å². The SMILES string of the molecule is [B]c1ccc(I)c(C(=O)N/N=C/C)c1. The fourth-order valence-electron chi connectivity index (χ4n) is 0.900. The van der Waals surface area contributed by atoms with Crippen LogP contribution in [0, 0.1) is 3.57 Å². The molecule has 0 aliphatic rings. The van der Waals surface area contributed by atoms with Crippen LogP contribution in [0.2, 0.25) is 0 Å². The Balaban J connectivity index is 2.94. The second kappa shape index (κ2) is 5.14. The molecule has 2 radical (unpaired) electrons. The summed E-state index contributed by atoms with van der Waals surface area (Å²) in [4.78, 5) is 11.5. The molecule has 70 valence electrons. The van der Waals surface area contributed by atoms with Gasteiger partial charge in [0.15, 0.2) is 0 Å². The Kier molecular flexibility index (Phi) is 4.12. The standard InChI is InChI=1S/C9H8BIN2O/c1-2-12-13-9(14)7-5-6(10)3-4-8(7)11/h2-5H,1H3,(H,13,14)/b12-2+. The lowest BCUT2D eigenvalue weighted by Crippen LogP contribution is -2.20. The Morgan fingerprint density at radius 3 is 3.00 bits per heavy atom. The number of hydrogen-bond acceptors (Lipinski definition) is 2. The van der Waals surface area contributed by atoms with Gasteiger partial charge in [0, 0.05) is 9.78 Å². The molecule has 1 aromatic rings. The molecule has 0 saturated heterocycles. The molecule has 0 spiro atoms. The highest BCUT2D eigenvalue weighted by atomic mass is 127. The van der Waals surface area contributed by atoms with Crippen LogP contribution in [0.3, 0.4) is 0 Å². The molecule has 0 aliphatic heterocycles. The highest BCUT2D eigenvalue weighted by molar-refractivity contribution is 14.1. The van der Waals surface area contributed by atoms with Crippen molar-refractivity contribution in [1.82, 2.24) is 5.43 Å². The smallest absolute Gasteiger partial charge is 0.267 e. The number of hydrazone groups is 1. The molecule has 0 aliphatic carbocycles. The van der Waals surface area contributed by atoms with Crippen LogP contribution in [0.1, 0.15) is 17.3 Å². The topological polar surface area (TPSA) is 41.5 Å². The molecule has 0 unspecified atom stereocenters. The number of hydrogen-bond donors (Lipinski definition) is 1. The van der Waals surface area contributed by atoms with E-state index in [-0.39, 0.29) is 5.91 Å². The minimum atomic E-state index is -0.250. The number of amides is 1. The van der Waals surface area contributed by atoms with E-state index in [0.29, 0.717) is 11.0 Å². The lowest BCUT2D eigenvalue weighted by atomic mass is 9.94. The third-order valence-electron chi connectivity index (χ3n) is 1.53. The van der Waals surface area contributed by atoms with Gasteiger partial charge >= 0.3 is 0 Å². The number of carbonyl (C=O) groups is 1. The summed E-state index contributed by atoms with van der Waals surface area (Å²) >= 11 is 2.08. The van der Waals surface area contributed by atoms with Gasteiger partial charge in [0.05, 0.1) is 5.56 Å². The highest BCUT2D eigenvalue weighted by Gasteiger charge is 2.08. The van der Waals surface area contributed by atoms with E-state index in [0.717, 1.165) is 3.57 Å². The molecule has 14 heavy (non-hydrogen) atoms. The van der Waals surface area contributed by atoms with E-state index in [9.17, 15) is 4.79 Å². The van der Waals surface area contributed by atoms with Crippen LogP contribution in [0.5, 0.6) is 0 Å². The van der Waals surface area contributed by atoms with E-state index in [1.54, 1.807) is 25.1 Å². The summed E-state index contributed by atoms with van der Waals surface area (Å²) in [6.45, 7) is 1.73. The predicted molar refractivity (Wildman–Crippen MR) is 66.2 cm³/mol. The Hall–Kier alpha value is -0.845. The molecule has 0 heterocycles. The molecule has 5 heteroatoms. The van der Waals surface area contributed by atoms with E-state index < -0.39 is 0 Å². The van der Waals surface area contributed by atoms with Crippen molar-refractivity contribution < 1.29 is 4.79 Å². The minimum Gasteiger partial charge on any atom is -0.267 e. The maximum absolute atomic E-state index is 11.5. The van der Waals surface area contributed by atoms with Crippen molar-refractivity contribution in [2.45, 2.75) is 6.92 Å². The maximum Gasteiger partial charge on any atom is 0.272 e. The van der Waals surface area contributed by atoms with E-state index in [2.05, 4.69) is 33.1 Å². The van der Waals surface area contributed by atoms with Crippen LogP contribution in [-0.4, -0.2) is 20.0 Å². The third kappa shape index (κ3) is 2.83. The average molecular weight is 298 g/mol. The van der Waals surface area contributed by atoms with Gasteiger partial charge in [-0.25, -0.2) is 5.43 Å². The Labute approximate surface area is 97.5 Å². The van der Waals surface area contributed by atoms with Crippen molar-refractivity contribution in [3.8, 4) is 0 Å². The van der Waals surface area contributed by atoms with Gasteiger partial charge < -0.3 is 0 Å². The van der Waals surface area contributed by atoms with Gasteiger partial charge in [0.2, 0.25) is 0 Å². The predicted octanol–water partition coefficient (Wildman–Crippen LogP) is 0.821. The number of nitrogens with one attached hydrogen (secondary N) is 1. The quantitative estimate of drug-likeness (QED) is 0.373. The zero-order valence-electron chi connectivity index (χ0n) is 7.62. The van der Waals surface area contributed by atoms with E-state index in [1.165, 1.54) is 6.21 Å². The third-order valence-corrected chi connectivity index (χ3v) is 2.47. The summed E-state index contributed by atoms with van der Waals surface area (Å²) in [5, 5.41) is 3.65. The van der Waals surface area contributed by atoms with Crippen LogP contribution >= 0.6 is 22.6 Å². The maximum atomic E-state index is 11.5. The summed E-state index contributed by atoms with van der Waals surface area (Å²) in [5.74, 6) is -0.250. The molecular weight excluding hydrogens is 290 g/mol. The molecule has 0 bridgehead atoms. The zero-order valence-corrected chi connectivity index (χ0v) is 9.78. The van der Waals surface area contributed by atoms with Crippen LogP contribution in [0.25, 0.3) is 0 Å². The molecule has 0 atom stereocenters. The van der Waals surface area contributed by atoms with Gasteiger partial charge in [0.1, 0.15) is 7.85 Å². The van der Waals surface area contributed by atoms with Crippen molar-refractivity contribution in [3.63, 3.8) is 0 Å². The van der Waals surface area contributed by atoms with Gasteiger partial charge in [0.25, 0.3) is 5.91 Å². The van der Waals surface area contributed by atoms with Gasteiger partial charge in [-0.3, -0.25) is 4.79 Å². The second-order valence-corrected chi connectivity index (χ2v) is 3.73. The fraction of sp³-hybridized carbons (Fsp3) is 0.111. The van der Waals surface area contributed by atoms with Gasteiger partial charge in [-0.15, -0.1) is 0 Å². The molecule has 0 fully saturated rings. The van der Waals surface area contributed by atoms with Crippen LogP contribution in [0.4, 0.5) is 0 Å². The number of benzene rings is 1. The lowest BCUT2D eigenvalue weighted by Gasteiger charge is -2.03. The largest absolute Gasteiger partial charge is 0.272 e. The second-order valence-electron chi connectivity index (χ2n) is 2.57. The Morgan fingerprint density at radius 1 is 1.64 bits per heavy atom. The van der Waals surface area contributed by atoms with Crippen molar-refractivity contribution in [2.24, 2.45) is 5.10 Å². The Bertz CT molecular complexity index is 379. The first-order valence-electron chi connectivity index (χ1n) is 3.98. The summed E-state index contributed by atoms with van der Waals surface area (Å²) in [6.07, 6.45) is 1.51. The summed E-state index contributed by atoms with van der Waals surface area (Å²) in [6, 6.07) is 5.17. The van der Waals surface area contributed by atoms with Gasteiger partial charge in [-0.05, 0) is 35.6 Å². The van der Waals surface area contributed by atoms with Crippen molar-refractivity contribution in [2.75, 3.05) is 0 Å². The van der Waals surface area contributed by atoms with E-state index in [1.807, 2.05) is 0 Å².